The van der Waals surface area contributed by atoms with Gasteiger partial charge in [-0.05, 0) is 32.0 Å². The van der Waals surface area contributed by atoms with Gasteiger partial charge in [-0.2, -0.15) is 0 Å². The first-order chi connectivity index (χ1) is 7.65. The van der Waals surface area contributed by atoms with Crippen molar-refractivity contribution in [3.8, 4) is 0 Å². The molecule has 0 aliphatic rings. The molecule has 0 radical (unpaired) electrons. The Balaban J connectivity index is 2.58. The summed E-state index contributed by atoms with van der Waals surface area (Å²) in [6.45, 7) is 7.94. The van der Waals surface area contributed by atoms with Crippen molar-refractivity contribution < 1.29 is 4.42 Å². The molecule has 1 heterocycles. The Labute approximate surface area is 101 Å². The Morgan fingerprint density at radius 1 is 1.31 bits per heavy atom. The maximum absolute atomic E-state index is 6.13. The van der Waals surface area contributed by atoms with Crippen LogP contribution in [0.4, 0.5) is 0 Å². The molecule has 3 heteroatoms. The molecule has 0 aliphatic heterocycles. The summed E-state index contributed by atoms with van der Waals surface area (Å²) in [6, 6.07) is 3.92. The van der Waals surface area contributed by atoms with Crippen LogP contribution in [0.25, 0.3) is 11.0 Å². The number of fused-ring (bicyclic) bond motifs is 1. The van der Waals surface area contributed by atoms with E-state index in [4.69, 9.17) is 16.0 Å². The van der Waals surface area contributed by atoms with Gasteiger partial charge in [-0.15, -0.1) is 0 Å². The predicted octanol–water partition coefficient (Wildman–Crippen LogP) is 3.81. The summed E-state index contributed by atoms with van der Waals surface area (Å²) in [5, 5.41) is 5.11. The minimum absolute atomic E-state index is 0.687. The average molecular weight is 238 g/mol. The third kappa shape index (κ3) is 1.83. The summed E-state index contributed by atoms with van der Waals surface area (Å²) >= 11 is 6.13. The fourth-order valence-corrected chi connectivity index (χ4v) is 2.16. The molecule has 0 atom stereocenters. The van der Waals surface area contributed by atoms with Crippen molar-refractivity contribution in [3.05, 3.63) is 34.0 Å². The minimum Gasteiger partial charge on any atom is -0.458 e. The lowest BCUT2D eigenvalue weighted by Crippen LogP contribution is -2.11. The second-order valence-electron chi connectivity index (χ2n) is 4.00. The van der Waals surface area contributed by atoms with E-state index in [1.54, 1.807) is 0 Å². The van der Waals surface area contributed by atoms with Gasteiger partial charge in [0.2, 0.25) is 0 Å². The smallest absolute Gasteiger partial charge is 0.153 e. The van der Waals surface area contributed by atoms with Crippen molar-refractivity contribution in [2.45, 2.75) is 27.3 Å². The molecule has 0 aliphatic carbocycles. The van der Waals surface area contributed by atoms with E-state index >= 15 is 0 Å². The number of hydrogen-bond donors (Lipinski definition) is 1. The summed E-state index contributed by atoms with van der Waals surface area (Å²) in [7, 11) is 0. The molecule has 2 rings (SSSR count). The number of furan rings is 1. The molecule has 16 heavy (non-hydrogen) atoms. The molecule has 1 N–H and O–H groups in total. The van der Waals surface area contributed by atoms with Gasteiger partial charge in [0.05, 0.1) is 11.6 Å². The molecule has 1 aromatic heterocycles. The van der Waals surface area contributed by atoms with Crippen LogP contribution in [0.2, 0.25) is 5.02 Å². The zero-order valence-electron chi connectivity index (χ0n) is 9.86. The fraction of sp³-hybridized carbons (Fsp3) is 0.385. The molecule has 0 fully saturated rings. The lowest BCUT2D eigenvalue weighted by Gasteiger charge is -1.98. The van der Waals surface area contributed by atoms with E-state index < -0.39 is 0 Å². The summed E-state index contributed by atoms with van der Waals surface area (Å²) < 4.78 is 5.82. The number of rotatable bonds is 3. The number of benzene rings is 1. The van der Waals surface area contributed by atoms with Gasteiger partial charge >= 0.3 is 0 Å². The molecule has 2 nitrogen and oxygen atoms in total. The second-order valence-corrected chi connectivity index (χ2v) is 4.41. The first-order valence-corrected chi connectivity index (χ1v) is 5.90. The van der Waals surface area contributed by atoms with Crippen molar-refractivity contribution in [2.24, 2.45) is 0 Å². The highest BCUT2D eigenvalue weighted by Gasteiger charge is 2.14. The third-order valence-electron chi connectivity index (χ3n) is 2.87. The zero-order valence-corrected chi connectivity index (χ0v) is 10.6. The Morgan fingerprint density at radius 2 is 2.06 bits per heavy atom. The first-order valence-electron chi connectivity index (χ1n) is 5.53. The highest BCUT2D eigenvalue weighted by molar-refractivity contribution is 6.35. The zero-order chi connectivity index (χ0) is 11.7. The van der Waals surface area contributed by atoms with Crippen LogP contribution >= 0.6 is 11.6 Å². The van der Waals surface area contributed by atoms with Crippen molar-refractivity contribution in [3.63, 3.8) is 0 Å². The van der Waals surface area contributed by atoms with Crippen LogP contribution in [-0.4, -0.2) is 6.54 Å². The van der Waals surface area contributed by atoms with Gasteiger partial charge in [0.15, 0.2) is 5.58 Å². The molecule has 0 saturated heterocycles. The van der Waals surface area contributed by atoms with E-state index in [-0.39, 0.29) is 0 Å². The number of nitrogens with one attached hydrogen (secondary N) is 1. The van der Waals surface area contributed by atoms with Gasteiger partial charge in [0, 0.05) is 10.9 Å². The maximum atomic E-state index is 6.13. The maximum Gasteiger partial charge on any atom is 0.153 e. The highest BCUT2D eigenvalue weighted by atomic mass is 35.5. The summed E-state index contributed by atoms with van der Waals surface area (Å²) in [6.07, 6.45) is 0. The first kappa shape index (κ1) is 11.5. The molecule has 0 spiro atoms. The van der Waals surface area contributed by atoms with Crippen LogP contribution in [0.3, 0.4) is 0 Å². The topological polar surface area (TPSA) is 25.2 Å². The van der Waals surface area contributed by atoms with Gasteiger partial charge < -0.3 is 9.73 Å². The molecule has 0 unspecified atom stereocenters. The molecule has 86 valence electrons. The van der Waals surface area contributed by atoms with Gasteiger partial charge in [-0.3, -0.25) is 0 Å². The third-order valence-corrected chi connectivity index (χ3v) is 3.17. The van der Waals surface area contributed by atoms with Crippen LogP contribution in [-0.2, 0) is 6.54 Å². The largest absolute Gasteiger partial charge is 0.458 e. The van der Waals surface area contributed by atoms with Crippen LogP contribution < -0.4 is 5.32 Å². The van der Waals surface area contributed by atoms with Crippen LogP contribution in [0, 0.1) is 13.8 Å². The Hall–Kier alpha value is -0.990. The van der Waals surface area contributed by atoms with Crippen molar-refractivity contribution >= 4 is 22.6 Å². The summed E-state index contributed by atoms with van der Waals surface area (Å²) in [5.41, 5.74) is 3.21. The second kappa shape index (κ2) is 4.48. The van der Waals surface area contributed by atoms with Crippen LogP contribution in [0.1, 0.15) is 23.8 Å². The molecule has 0 amide bonds. The highest BCUT2D eigenvalue weighted by Crippen LogP contribution is 2.33. The van der Waals surface area contributed by atoms with Gasteiger partial charge in [0.25, 0.3) is 0 Å². The lowest BCUT2D eigenvalue weighted by atomic mass is 10.1. The monoisotopic (exact) mass is 237 g/mol. The Morgan fingerprint density at radius 3 is 2.69 bits per heavy atom. The van der Waals surface area contributed by atoms with Crippen molar-refractivity contribution in [1.29, 1.82) is 0 Å². The normalized spacial score (nSPS) is 11.2. The van der Waals surface area contributed by atoms with E-state index in [1.807, 2.05) is 12.1 Å². The average Bonchev–Trinajstić information content (AvgIpc) is 2.60. The van der Waals surface area contributed by atoms with E-state index in [0.29, 0.717) is 5.02 Å². The molecule has 2 aromatic rings. The number of aryl methyl sites for hydroxylation is 2. The quantitative estimate of drug-likeness (QED) is 0.878. The van der Waals surface area contributed by atoms with Gasteiger partial charge in [0.1, 0.15) is 5.76 Å². The van der Waals surface area contributed by atoms with E-state index in [2.05, 4.69) is 26.1 Å². The fourth-order valence-electron chi connectivity index (χ4n) is 1.97. The molecule has 0 bridgehead atoms. The van der Waals surface area contributed by atoms with E-state index in [0.717, 1.165) is 29.8 Å². The van der Waals surface area contributed by atoms with Crippen molar-refractivity contribution in [2.75, 3.05) is 6.54 Å². The van der Waals surface area contributed by atoms with E-state index in [1.165, 1.54) is 11.1 Å². The molecular weight excluding hydrogens is 222 g/mol. The minimum atomic E-state index is 0.687. The summed E-state index contributed by atoms with van der Waals surface area (Å²) in [5.74, 6) is 0.980. The van der Waals surface area contributed by atoms with Gasteiger partial charge in [-0.1, -0.05) is 24.6 Å². The SMILES string of the molecule is CCNCc1oc2c(Cl)ccc(C)c2c1C. The molecule has 1 aromatic carbocycles. The Kier molecular flexibility index (Phi) is 3.22. The van der Waals surface area contributed by atoms with Crippen LogP contribution in [0.5, 0.6) is 0 Å². The number of hydrogen-bond acceptors (Lipinski definition) is 2. The summed E-state index contributed by atoms with van der Waals surface area (Å²) in [4.78, 5) is 0. The molecular formula is C13H16ClNO. The lowest BCUT2D eigenvalue weighted by molar-refractivity contribution is 0.516. The molecule has 0 saturated carbocycles. The van der Waals surface area contributed by atoms with E-state index in [9.17, 15) is 0 Å². The predicted molar refractivity (Wildman–Crippen MR) is 68.1 cm³/mol. The standard InChI is InChI=1S/C13H16ClNO/c1-4-15-7-11-9(3)12-8(2)5-6-10(14)13(12)16-11/h5-6,15H,4,7H2,1-3H3. The van der Waals surface area contributed by atoms with Gasteiger partial charge in [-0.25, -0.2) is 0 Å². The van der Waals surface area contributed by atoms with Crippen molar-refractivity contribution in [1.82, 2.24) is 5.32 Å². The van der Waals surface area contributed by atoms with Crippen LogP contribution in [0.15, 0.2) is 16.5 Å². The number of halogens is 1. The Bertz CT molecular complexity index is 516.